The summed E-state index contributed by atoms with van der Waals surface area (Å²) >= 11 is 0. The van der Waals surface area contributed by atoms with E-state index < -0.39 is 6.10 Å². The van der Waals surface area contributed by atoms with Crippen molar-refractivity contribution in [3.63, 3.8) is 0 Å². The van der Waals surface area contributed by atoms with E-state index in [9.17, 15) is 10.2 Å². The molecule has 0 saturated carbocycles. The van der Waals surface area contributed by atoms with Crippen molar-refractivity contribution in [1.29, 1.82) is 0 Å². The summed E-state index contributed by atoms with van der Waals surface area (Å²) in [7, 11) is 0. The van der Waals surface area contributed by atoms with Crippen LogP contribution < -0.4 is 10.1 Å². The molecule has 0 fully saturated rings. The molecule has 3 N–H and O–H groups in total. The number of nitrogens with one attached hydrogen (secondary N) is 1. The fourth-order valence-corrected chi connectivity index (χ4v) is 1.37. The van der Waals surface area contributed by atoms with Gasteiger partial charge in [0.2, 0.25) is 0 Å². The van der Waals surface area contributed by atoms with E-state index in [1.807, 2.05) is 0 Å². The zero-order valence-electron chi connectivity index (χ0n) is 9.89. The maximum atomic E-state index is 9.88. The molecule has 94 valence electrons. The summed E-state index contributed by atoms with van der Waals surface area (Å²) in [5.41, 5.74) is 0.615. The number of terminal acetylenes is 2. The summed E-state index contributed by atoms with van der Waals surface area (Å²) in [6.45, 7) is 0.765. The lowest BCUT2D eigenvalue weighted by atomic mass is 10.1. The molecule has 18 heavy (non-hydrogen) atoms. The van der Waals surface area contributed by atoms with Crippen molar-refractivity contribution >= 4 is 0 Å². The molecule has 1 aromatic carbocycles. The van der Waals surface area contributed by atoms with Crippen LogP contribution >= 0.6 is 0 Å². The van der Waals surface area contributed by atoms with Gasteiger partial charge >= 0.3 is 0 Å². The first-order valence-corrected chi connectivity index (χ1v) is 5.40. The number of phenolic OH excluding ortho intramolecular Hbond substituents is 1. The van der Waals surface area contributed by atoms with Crippen LogP contribution in [0.3, 0.4) is 0 Å². The molecule has 0 aliphatic heterocycles. The largest absolute Gasteiger partial charge is 0.504 e. The number of aliphatic hydroxyl groups is 1. The van der Waals surface area contributed by atoms with Crippen LogP contribution in [0.25, 0.3) is 0 Å². The number of aromatic hydroxyl groups is 1. The van der Waals surface area contributed by atoms with Gasteiger partial charge in [0, 0.05) is 6.54 Å². The number of phenols is 1. The average molecular weight is 245 g/mol. The Labute approximate surface area is 107 Å². The van der Waals surface area contributed by atoms with Crippen LogP contribution in [0.5, 0.6) is 11.5 Å². The highest BCUT2D eigenvalue weighted by atomic mass is 16.5. The lowest BCUT2D eigenvalue weighted by Gasteiger charge is -2.13. The minimum absolute atomic E-state index is 0.0159. The number of hydrogen-bond acceptors (Lipinski definition) is 4. The van der Waals surface area contributed by atoms with Gasteiger partial charge in [-0.3, -0.25) is 0 Å². The first-order valence-electron chi connectivity index (χ1n) is 5.40. The van der Waals surface area contributed by atoms with Crippen molar-refractivity contribution < 1.29 is 14.9 Å². The lowest BCUT2D eigenvalue weighted by molar-refractivity contribution is 0.176. The van der Waals surface area contributed by atoms with E-state index in [1.54, 1.807) is 12.1 Å². The van der Waals surface area contributed by atoms with E-state index in [0.29, 0.717) is 18.7 Å². The second-order valence-corrected chi connectivity index (χ2v) is 3.57. The Morgan fingerprint density at radius 3 is 2.78 bits per heavy atom. The molecule has 0 heterocycles. The number of benzene rings is 1. The minimum Gasteiger partial charge on any atom is -0.504 e. The fourth-order valence-electron chi connectivity index (χ4n) is 1.37. The molecule has 0 spiro atoms. The van der Waals surface area contributed by atoms with Crippen LogP contribution in [-0.2, 0) is 0 Å². The first kappa shape index (κ1) is 13.9. The Morgan fingerprint density at radius 1 is 1.33 bits per heavy atom. The summed E-state index contributed by atoms with van der Waals surface area (Å²) < 4.78 is 5.15. The van der Waals surface area contributed by atoms with E-state index in [4.69, 9.17) is 17.6 Å². The molecule has 0 amide bonds. The molecule has 0 aliphatic carbocycles. The van der Waals surface area contributed by atoms with E-state index in [-0.39, 0.29) is 18.1 Å². The molecule has 4 nitrogen and oxygen atoms in total. The molecule has 4 heteroatoms. The summed E-state index contributed by atoms with van der Waals surface area (Å²) in [5, 5.41) is 22.3. The Hall–Kier alpha value is -2.14. The van der Waals surface area contributed by atoms with Gasteiger partial charge in [-0.15, -0.1) is 12.8 Å². The molecule has 0 aromatic heterocycles. The van der Waals surface area contributed by atoms with Crippen molar-refractivity contribution in [3.8, 4) is 36.2 Å². The number of ether oxygens (including phenoxy) is 1. The summed E-state index contributed by atoms with van der Waals surface area (Å²) in [6.07, 6.45) is 9.43. The maximum absolute atomic E-state index is 9.88. The van der Waals surface area contributed by atoms with Gasteiger partial charge < -0.3 is 20.3 Å². The quantitative estimate of drug-likeness (QED) is 0.509. The molecule has 1 aromatic rings. The normalized spacial score (nSPS) is 11.3. The lowest BCUT2D eigenvalue weighted by Crippen LogP contribution is -2.21. The molecular weight excluding hydrogens is 230 g/mol. The predicted octanol–water partition coefficient (Wildman–Crippen LogP) is 0.660. The van der Waals surface area contributed by atoms with E-state index >= 15 is 0 Å². The number of hydrogen-bond donors (Lipinski definition) is 3. The highest BCUT2D eigenvalue weighted by Crippen LogP contribution is 2.29. The second-order valence-electron chi connectivity index (χ2n) is 3.57. The van der Waals surface area contributed by atoms with E-state index in [1.165, 1.54) is 6.07 Å². The van der Waals surface area contributed by atoms with Crippen LogP contribution in [0, 0.1) is 24.7 Å². The third-order valence-electron chi connectivity index (χ3n) is 2.24. The Kier molecular flexibility index (Phi) is 5.60. The molecular formula is C14H15NO3. The maximum Gasteiger partial charge on any atom is 0.162 e. The van der Waals surface area contributed by atoms with Crippen LogP contribution in [0.1, 0.15) is 11.7 Å². The van der Waals surface area contributed by atoms with Crippen molar-refractivity contribution in [1.82, 2.24) is 5.32 Å². The number of aliphatic hydroxyl groups excluding tert-OH is 1. The topological polar surface area (TPSA) is 61.7 Å². The van der Waals surface area contributed by atoms with Gasteiger partial charge in [0.15, 0.2) is 11.5 Å². The standard InChI is InChI=1S/C14H15NO3/c1-3-7-15-10-13(17)11-5-6-12(16)14(9-11)18-8-4-2/h1-2,5-6,9,13,15-17H,7-8,10H2. The van der Waals surface area contributed by atoms with Gasteiger partial charge in [-0.2, -0.15) is 0 Å². The zero-order chi connectivity index (χ0) is 13.4. The van der Waals surface area contributed by atoms with Crippen molar-refractivity contribution in [2.75, 3.05) is 19.7 Å². The molecule has 0 radical (unpaired) electrons. The van der Waals surface area contributed by atoms with Crippen molar-refractivity contribution in [2.24, 2.45) is 0 Å². The molecule has 1 rings (SSSR count). The third-order valence-corrected chi connectivity index (χ3v) is 2.24. The summed E-state index contributed by atoms with van der Waals surface area (Å²) in [5.74, 6) is 4.95. The van der Waals surface area contributed by atoms with Crippen LogP contribution in [0.4, 0.5) is 0 Å². The smallest absolute Gasteiger partial charge is 0.162 e. The molecule has 1 unspecified atom stereocenters. The number of rotatable bonds is 6. The molecule has 0 saturated heterocycles. The van der Waals surface area contributed by atoms with Gasteiger partial charge in [-0.05, 0) is 17.7 Å². The SMILES string of the molecule is C#CCNCC(O)c1ccc(O)c(OCC#C)c1. The minimum atomic E-state index is -0.730. The Morgan fingerprint density at radius 2 is 2.11 bits per heavy atom. The van der Waals surface area contributed by atoms with E-state index in [2.05, 4.69) is 17.2 Å². The Balaban J connectivity index is 2.71. The molecule has 0 aliphatic rings. The van der Waals surface area contributed by atoms with Crippen LogP contribution in [0.15, 0.2) is 18.2 Å². The highest BCUT2D eigenvalue weighted by Gasteiger charge is 2.10. The average Bonchev–Trinajstić information content (AvgIpc) is 2.38. The summed E-state index contributed by atoms with van der Waals surface area (Å²) in [6, 6.07) is 4.61. The van der Waals surface area contributed by atoms with Crippen molar-refractivity contribution in [3.05, 3.63) is 23.8 Å². The zero-order valence-corrected chi connectivity index (χ0v) is 9.89. The van der Waals surface area contributed by atoms with Crippen LogP contribution in [-0.4, -0.2) is 29.9 Å². The van der Waals surface area contributed by atoms with Gasteiger partial charge in [-0.1, -0.05) is 17.9 Å². The van der Waals surface area contributed by atoms with Gasteiger partial charge in [0.1, 0.15) is 6.61 Å². The molecule has 1 atom stereocenters. The first-order chi connectivity index (χ1) is 8.69. The summed E-state index contributed by atoms with van der Waals surface area (Å²) in [4.78, 5) is 0. The monoisotopic (exact) mass is 245 g/mol. The van der Waals surface area contributed by atoms with Gasteiger partial charge in [-0.25, -0.2) is 0 Å². The van der Waals surface area contributed by atoms with Gasteiger partial charge in [0.25, 0.3) is 0 Å². The second kappa shape index (κ2) is 7.24. The Bertz CT molecular complexity index is 471. The fraction of sp³-hybridized carbons (Fsp3) is 0.286. The highest BCUT2D eigenvalue weighted by molar-refractivity contribution is 5.42. The van der Waals surface area contributed by atoms with E-state index in [0.717, 1.165) is 0 Å². The van der Waals surface area contributed by atoms with Crippen molar-refractivity contribution in [2.45, 2.75) is 6.10 Å². The third kappa shape index (κ3) is 4.03. The molecule has 0 bridgehead atoms. The van der Waals surface area contributed by atoms with Crippen LogP contribution in [0.2, 0.25) is 0 Å². The predicted molar refractivity (Wildman–Crippen MR) is 69.1 cm³/mol. The van der Waals surface area contributed by atoms with Gasteiger partial charge in [0.05, 0.1) is 12.6 Å².